The number of aliphatic imine (C=N–C) groups is 1. The van der Waals surface area contributed by atoms with Crippen molar-refractivity contribution in [3.05, 3.63) is 68.5 Å². The van der Waals surface area contributed by atoms with Gasteiger partial charge in [0.15, 0.2) is 5.17 Å². The third-order valence-electron chi connectivity index (χ3n) is 3.24. The minimum absolute atomic E-state index is 0.185. The first-order chi connectivity index (χ1) is 11.9. The molecule has 1 aliphatic heterocycles. The van der Waals surface area contributed by atoms with E-state index in [1.807, 2.05) is 0 Å². The maximum atomic E-state index is 12.1. The first-order valence-corrected chi connectivity index (χ1v) is 8.57. The molecule has 0 unspecified atom stereocenters. The van der Waals surface area contributed by atoms with E-state index in [2.05, 4.69) is 10.3 Å². The van der Waals surface area contributed by atoms with Crippen LogP contribution in [0.4, 0.5) is 5.69 Å². The summed E-state index contributed by atoms with van der Waals surface area (Å²) in [6, 6.07) is 11.1. The van der Waals surface area contributed by atoms with E-state index in [0.29, 0.717) is 31.4 Å². The van der Waals surface area contributed by atoms with Crippen LogP contribution in [0, 0.1) is 0 Å². The Kier molecular flexibility index (Phi) is 5.13. The number of carboxylic acids is 1. The lowest BCUT2D eigenvalue weighted by Crippen LogP contribution is -2.19. The molecule has 0 aliphatic carbocycles. The maximum Gasteiger partial charge on any atom is 0.335 e. The van der Waals surface area contributed by atoms with Gasteiger partial charge in [-0.15, -0.1) is 0 Å². The Morgan fingerprint density at radius 1 is 1.16 bits per heavy atom. The zero-order valence-corrected chi connectivity index (χ0v) is 14.8. The Balaban J connectivity index is 1.82. The van der Waals surface area contributed by atoms with E-state index in [9.17, 15) is 9.59 Å². The van der Waals surface area contributed by atoms with Crippen molar-refractivity contribution in [1.82, 2.24) is 5.32 Å². The maximum absolute atomic E-state index is 12.1. The van der Waals surface area contributed by atoms with Crippen LogP contribution in [0.2, 0.25) is 10.0 Å². The summed E-state index contributed by atoms with van der Waals surface area (Å²) in [5.41, 5.74) is 1.40. The summed E-state index contributed by atoms with van der Waals surface area (Å²) in [5, 5.41) is 12.9. The number of carbonyl (C=O) groups is 2. The quantitative estimate of drug-likeness (QED) is 0.748. The van der Waals surface area contributed by atoms with E-state index in [1.165, 1.54) is 23.9 Å². The van der Waals surface area contributed by atoms with Crippen molar-refractivity contribution in [3.63, 3.8) is 0 Å². The number of nitrogens with one attached hydrogen (secondary N) is 1. The Labute approximate surface area is 157 Å². The smallest absolute Gasteiger partial charge is 0.335 e. The second kappa shape index (κ2) is 7.31. The van der Waals surface area contributed by atoms with Gasteiger partial charge >= 0.3 is 5.97 Å². The predicted octanol–water partition coefficient (Wildman–Crippen LogP) is 4.58. The van der Waals surface area contributed by atoms with Crippen LogP contribution in [-0.4, -0.2) is 22.2 Å². The Bertz CT molecular complexity index is 924. The monoisotopic (exact) mass is 392 g/mol. The highest BCUT2D eigenvalue weighted by Crippen LogP contribution is 2.32. The molecule has 1 aliphatic rings. The van der Waals surface area contributed by atoms with Gasteiger partial charge < -0.3 is 10.4 Å². The Morgan fingerprint density at radius 3 is 2.52 bits per heavy atom. The fourth-order valence-corrected chi connectivity index (χ4v) is 3.32. The second-order valence-electron chi connectivity index (χ2n) is 5.00. The van der Waals surface area contributed by atoms with Gasteiger partial charge in [-0.25, -0.2) is 9.79 Å². The molecule has 0 atom stereocenters. The average Bonchev–Trinajstić information content (AvgIpc) is 2.90. The highest BCUT2D eigenvalue weighted by Gasteiger charge is 2.24. The van der Waals surface area contributed by atoms with E-state index in [4.69, 9.17) is 28.3 Å². The zero-order valence-electron chi connectivity index (χ0n) is 12.5. The number of carbonyl (C=O) groups excluding carboxylic acids is 1. The summed E-state index contributed by atoms with van der Waals surface area (Å²) in [5.74, 6) is -1.28. The Hall–Kier alpha value is -2.28. The molecule has 25 heavy (non-hydrogen) atoms. The van der Waals surface area contributed by atoms with Crippen LogP contribution >= 0.6 is 35.0 Å². The van der Waals surface area contributed by atoms with Crippen LogP contribution in [0.5, 0.6) is 0 Å². The number of amides is 1. The molecular weight excluding hydrogens is 383 g/mol. The van der Waals surface area contributed by atoms with Crippen LogP contribution in [0.25, 0.3) is 6.08 Å². The van der Waals surface area contributed by atoms with Crippen molar-refractivity contribution >= 4 is 63.8 Å². The second-order valence-corrected chi connectivity index (χ2v) is 6.88. The number of halogens is 2. The summed E-state index contributed by atoms with van der Waals surface area (Å²) in [4.78, 5) is 27.7. The lowest BCUT2D eigenvalue weighted by molar-refractivity contribution is -0.115. The predicted molar refractivity (Wildman–Crippen MR) is 101 cm³/mol. The summed E-state index contributed by atoms with van der Waals surface area (Å²) >= 11 is 13.1. The van der Waals surface area contributed by atoms with Gasteiger partial charge in [-0.2, -0.15) is 0 Å². The number of amidine groups is 1. The molecule has 2 N–H and O–H groups in total. The summed E-state index contributed by atoms with van der Waals surface area (Å²) in [7, 11) is 0. The van der Waals surface area contributed by atoms with Gasteiger partial charge in [0.05, 0.1) is 21.2 Å². The van der Waals surface area contributed by atoms with E-state index in [-0.39, 0.29) is 11.5 Å². The molecule has 1 fully saturated rings. The topological polar surface area (TPSA) is 78.8 Å². The van der Waals surface area contributed by atoms with Crippen molar-refractivity contribution in [1.29, 1.82) is 0 Å². The molecule has 1 heterocycles. The summed E-state index contributed by atoms with van der Waals surface area (Å²) in [6.45, 7) is 0. The van der Waals surface area contributed by atoms with Gasteiger partial charge in [0, 0.05) is 5.02 Å². The number of benzene rings is 2. The molecule has 2 aromatic carbocycles. The van der Waals surface area contributed by atoms with Crippen molar-refractivity contribution < 1.29 is 14.7 Å². The molecule has 0 spiro atoms. The zero-order chi connectivity index (χ0) is 18.0. The van der Waals surface area contributed by atoms with Crippen LogP contribution < -0.4 is 5.32 Å². The van der Waals surface area contributed by atoms with E-state index < -0.39 is 5.97 Å². The number of hydrogen-bond donors (Lipinski definition) is 2. The van der Waals surface area contributed by atoms with Crippen LogP contribution in [0.1, 0.15) is 15.9 Å². The fraction of sp³-hybridized carbons (Fsp3) is 0. The van der Waals surface area contributed by atoms with Crippen LogP contribution in [-0.2, 0) is 4.79 Å². The average molecular weight is 393 g/mol. The Morgan fingerprint density at radius 2 is 1.88 bits per heavy atom. The third-order valence-corrected chi connectivity index (χ3v) is 4.69. The summed E-state index contributed by atoms with van der Waals surface area (Å²) < 4.78 is 0. The van der Waals surface area contributed by atoms with E-state index >= 15 is 0 Å². The van der Waals surface area contributed by atoms with Gasteiger partial charge in [0.2, 0.25) is 0 Å². The minimum atomic E-state index is -0.999. The minimum Gasteiger partial charge on any atom is -0.478 e. The molecule has 1 saturated heterocycles. The third kappa shape index (κ3) is 4.22. The van der Waals surface area contributed by atoms with E-state index in [0.717, 1.165) is 0 Å². The molecule has 0 aromatic heterocycles. The van der Waals surface area contributed by atoms with Gasteiger partial charge in [-0.05, 0) is 53.7 Å². The SMILES string of the molecule is O=C1NC(=Nc2ccc(Cl)cc2Cl)S/C1=C/c1ccc(C(=O)O)cc1. The molecule has 126 valence electrons. The number of aromatic carboxylic acids is 1. The molecule has 0 radical (unpaired) electrons. The van der Waals surface area contributed by atoms with Crippen molar-refractivity contribution in [2.24, 2.45) is 4.99 Å². The van der Waals surface area contributed by atoms with Gasteiger partial charge in [-0.1, -0.05) is 35.3 Å². The van der Waals surface area contributed by atoms with Crippen LogP contribution in [0.15, 0.2) is 52.4 Å². The molecule has 3 rings (SSSR count). The van der Waals surface area contributed by atoms with Crippen LogP contribution in [0.3, 0.4) is 0 Å². The van der Waals surface area contributed by atoms with E-state index in [1.54, 1.807) is 36.4 Å². The fourth-order valence-electron chi connectivity index (χ4n) is 2.04. The van der Waals surface area contributed by atoms with Crippen molar-refractivity contribution in [2.45, 2.75) is 0 Å². The van der Waals surface area contributed by atoms with Gasteiger partial charge in [0.25, 0.3) is 5.91 Å². The lowest BCUT2D eigenvalue weighted by atomic mass is 10.1. The largest absolute Gasteiger partial charge is 0.478 e. The van der Waals surface area contributed by atoms with Gasteiger partial charge in [0.1, 0.15) is 0 Å². The van der Waals surface area contributed by atoms with Crippen molar-refractivity contribution in [3.8, 4) is 0 Å². The van der Waals surface area contributed by atoms with Gasteiger partial charge in [-0.3, -0.25) is 4.79 Å². The molecule has 2 aromatic rings. The highest BCUT2D eigenvalue weighted by atomic mass is 35.5. The number of carboxylic acid groups (broad SMARTS) is 1. The number of rotatable bonds is 3. The molecular formula is C17H10Cl2N2O3S. The highest BCUT2D eigenvalue weighted by molar-refractivity contribution is 8.18. The molecule has 1 amide bonds. The number of hydrogen-bond acceptors (Lipinski definition) is 4. The first kappa shape index (κ1) is 17.5. The molecule has 8 heteroatoms. The standard InChI is InChI=1S/C17H10Cl2N2O3S/c18-11-5-6-13(12(19)8-11)20-17-21-15(22)14(25-17)7-9-1-3-10(4-2-9)16(23)24/h1-8H,(H,23,24)(H,20,21,22)/b14-7+. The molecule has 5 nitrogen and oxygen atoms in total. The molecule has 0 saturated carbocycles. The number of nitrogens with zero attached hydrogens (tertiary/aromatic N) is 1. The lowest BCUT2D eigenvalue weighted by Gasteiger charge is -2.00. The summed E-state index contributed by atoms with van der Waals surface area (Å²) in [6.07, 6.45) is 1.66. The normalized spacial score (nSPS) is 17.1. The number of thioether (sulfide) groups is 1. The van der Waals surface area contributed by atoms with Crippen molar-refractivity contribution in [2.75, 3.05) is 0 Å². The molecule has 0 bridgehead atoms. The first-order valence-electron chi connectivity index (χ1n) is 7.00.